The number of amides is 1. The predicted molar refractivity (Wildman–Crippen MR) is 112 cm³/mol. The molecule has 1 unspecified atom stereocenters. The molecular weight excluding hydrogens is 414 g/mol. The molecule has 0 aliphatic heterocycles. The number of hydrogen-bond acceptors (Lipinski definition) is 8. The lowest BCUT2D eigenvalue weighted by molar-refractivity contribution is -0.126. The second-order valence-corrected chi connectivity index (χ2v) is 6.32. The molecule has 2 aromatic rings. The molecule has 0 saturated heterocycles. The molecule has 0 aromatic heterocycles. The molecule has 0 aliphatic rings. The van der Waals surface area contributed by atoms with Crippen molar-refractivity contribution in [1.29, 1.82) is 0 Å². The summed E-state index contributed by atoms with van der Waals surface area (Å²) < 4.78 is 20.9. The van der Waals surface area contributed by atoms with Crippen molar-refractivity contribution < 1.29 is 28.5 Å². The summed E-state index contributed by atoms with van der Waals surface area (Å²) in [5, 5.41) is 10.8. The first-order valence-electron chi connectivity index (χ1n) is 8.70. The first kappa shape index (κ1) is 23.0. The van der Waals surface area contributed by atoms with Crippen LogP contribution in [0, 0.1) is 0 Å². The number of anilines is 1. The van der Waals surface area contributed by atoms with Crippen LogP contribution in [0.1, 0.15) is 6.92 Å². The summed E-state index contributed by atoms with van der Waals surface area (Å²) in [4.78, 5) is 24.8. The minimum atomic E-state index is -1.40. The zero-order valence-corrected chi connectivity index (χ0v) is 17.9. The van der Waals surface area contributed by atoms with E-state index in [0.29, 0.717) is 22.9 Å². The van der Waals surface area contributed by atoms with Crippen LogP contribution in [0.15, 0.2) is 40.6 Å². The average Bonchev–Trinajstić information content (AvgIpc) is 2.73. The summed E-state index contributed by atoms with van der Waals surface area (Å²) >= 11 is 6.12. The molecule has 30 heavy (non-hydrogen) atoms. The number of benzene rings is 2. The number of ketones is 1. The zero-order valence-electron chi connectivity index (χ0n) is 17.2. The maximum Gasteiger partial charge on any atom is 0.259 e. The Hall–Kier alpha value is -3.33. The third-order valence-electron chi connectivity index (χ3n) is 4.03. The Labute approximate surface area is 178 Å². The molecule has 1 amide bonds. The molecule has 0 radical (unpaired) electrons. The van der Waals surface area contributed by atoms with E-state index in [-0.39, 0.29) is 16.5 Å². The van der Waals surface area contributed by atoms with Gasteiger partial charge in [0.15, 0.2) is 23.0 Å². The Kier molecular flexibility index (Phi) is 7.99. The van der Waals surface area contributed by atoms with Gasteiger partial charge in [-0.1, -0.05) is 11.6 Å². The van der Waals surface area contributed by atoms with Crippen LogP contribution >= 0.6 is 11.6 Å². The third-order valence-corrected chi connectivity index (χ3v) is 4.33. The Balaban J connectivity index is 2.32. The summed E-state index contributed by atoms with van der Waals surface area (Å²) in [6.07, 6.45) is 0. The van der Waals surface area contributed by atoms with E-state index in [0.717, 1.165) is 0 Å². The molecule has 0 bridgehead atoms. The van der Waals surface area contributed by atoms with E-state index in [4.69, 9.17) is 30.5 Å². The van der Waals surface area contributed by atoms with E-state index in [1.165, 1.54) is 35.4 Å². The van der Waals surface area contributed by atoms with Gasteiger partial charge in [-0.15, -0.1) is 0 Å². The van der Waals surface area contributed by atoms with Gasteiger partial charge in [-0.05, 0) is 31.2 Å². The van der Waals surface area contributed by atoms with Crippen LogP contribution in [-0.2, 0) is 9.59 Å². The van der Waals surface area contributed by atoms with Crippen molar-refractivity contribution in [3.8, 4) is 23.0 Å². The number of carbonyl (C=O) groups is 2. The van der Waals surface area contributed by atoms with E-state index in [2.05, 4.69) is 15.5 Å². The van der Waals surface area contributed by atoms with Crippen molar-refractivity contribution in [2.75, 3.05) is 33.8 Å². The van der Waals surface area contributed by atoms with Crippen LogP contribution in [0.4, 0.5) is 11.4 Å². The van der Waals surface area contributed by atoms with Gasteiger partial charge in [-0.25, -0.2) is 0 Å². The lowest BCUT2D eigenvalue weighted by atomic mass is 10.2. The second-order valence-electron chi connectivity index (χ2n) is 5.92. The number of rotatable bonds is 9. The number of carbonyl (C=O) groups excluding carboxylic acids is 2. The van der Waals surface area contributed by atoms with Crippen LogP contribution in [0.3, 0.4) is 0 Å². The van der Waals surface area contributed by atoms with E-state index in [9.17, 15) is 9.59 Å². The first-order valence-corrected chi connectivity index (χ1v) is 9.08. The highest BCUT2D eigenvalue weighted by Crippen LogP contribution is 2.40. The normalized spacial score (nSPS) is 11.7. The van der Waals surface area contributed by atoms with Crippen molar-refractivity contribution in [2.45, 2.75) is 13.0 Å². The quantitative estimate of drug-likeness (QED) is 0.470. The van der Waals surface area contributed by atoms with Crippen LogP contribution in [-0.4, -0.2) is 46.2 Å². The van der Waals surface area contributed by atoms with Crippen LogP contribution in [0.2, 0.25) is 5.02 Å². The van der Waals surface area contributed by atoms with Crippen LogP contribution in [0.25, 0.3) is 0 Å². The van der Waals surface area contributed by atoms with Gasteiger partial charge < -0.3 is 24.3 Å². The second kappa shape index (κ2) is 10.4. The SMILES string of the molecule is COc1ccc(N=NC(C(C)=O)C(=O)Nc2c(OC)ccc(Cl)c2OC)cc1OC. The summed E-state index contributed by atoms with van der Waals surface area (Å²) in [6.45, 7) is 1.24. The lowest BCUT2D eigenvalue weighted by Gasteiger charge is -2.16. The molecule has 2 aromatic carbocycles. The third kappa shape index (κ3) is 5.18. The Morgan fingerprint density at radius 2 is 1.57 bits per heavy atom. The van der Waals surface area contributed by atoms with Gasteiger partial charge in [0, 0.05) is 6.07 Å². The minimum Gasteiger partial charge on any atom is -0.494 e. The number of Topliss-reactive ketones (excluding diaryl/α,β-unsaturated/α-hetero) is 1. The van der Waals surface area contributed by atoms with Gasteiger partial charge in [0.2, 0.25) is 6.04 Å². The number of ether oxygens (including phenoxy) is 4. The molecule has 1 N–H and O–H groups in total. The van der Waals surface area contributed by atoms with Crippen molar-refractivity contribution >= 4 is 34.7 Å². The number of nitrogens with zero attached hydrogens (tertiary/aromatic N) is 2. The number of halogens is 1. The number of methoxy groups -OCH3 is 4. The minimum absolute atomic E-state index is 0.185. The Morgan fingerprint density at radius 1 is 0.933 bits per heavy atom. The molecule has 10 heteroatoms. The standard InChI is InChI=1S/C20H22ClN3O6/c1-11(25)17(24-23-12-6-8-14(27-2)16(10-12)29-4)20(26)22-18-15(28-3)9-7-13(21)19(18)30-5/h6-10,17H,1-5H3,(H,22,26). The summed E-state index contributed by atoms with van der Waals surface area (Å²) in [5.74, 6) is 0.234. The Bertz CT molecular complexity index is 964. The van der Waals surface area contributed by atoms with Crippen LogP contribution in [0.5, 0.6) is 23.0 Å². The van der Waals surface area contributed by atoms with E-state index in [1.54, 1.807) is 30.3 Å². The van der Waals surface area contributed by atoms with Crippen molar-refractivity contribution in [3.05, 3.63) is 35.4 Å². The highest BCUT2D eigenvalue weighted by atomic mass is 35.5. The molecule has 0 spiro atoms. The molecule has 0 saturated carbocycles. The fourth-order valence-electron chi connectivity index (χ4n) is 2.55. The molecule has 1 atom stereocenters. The van der Waals surface area contributed by atoms with Gasteiger partial charge in [0.25, 0.3) is 5.91 Å². The molecule has 2 rings (SSSR count). The highest BCUT2D eigenvalue weighted by Gasteiger charge is 2.26. The average molecular weight is 436 g/mol. The van der Waals surface area contributed by atoms with Gasteiger partial charge in [-0.2, -0.15) is 10.2 Å². The van der Waals surface area contributed by atoms with Crippen molar-refractivity contribution in [1.82, 2.24) is 0 Å². The van der Waals surface area contributed by atoms with E-state index >= 15 is 0 Å². The highest BCUT2D eigenvalue weighted by molar-refractivity contribution is 6.33. The predicted octanol–water partition coefficient (Wildman–Crippen LogP) is 4.05. The number of hydrogen-bond donors (Lipinski definition) is 1. The summed E-state index contributed by atoms with van der Waals surface area (Å²) in [5.41, 5.74) is 0.565. The Morgan fingerprint density at radius 3 is 2.13 bits per heavy atom. The summed E-state index contributed by atoms with van der Waals surface area (Å²) in [7, 11) is 5.82. The van der Waals surface area contributed by atoms with Gasteiger partial charge in [0.1, 0.15) is 11.4 Å². The van der Waals surface area contributed by atoms with E-state index in [1.807, 2.05) is 0 Å². The van der Waals surface area contributed by atoms with Crippen LogP contribution < -0.4 is 24.3 Å². The first-order chi connectivity index (χ1) is 14.4. The monoisotopic (exact) mass is 435 g/mol. The molecular formula is C20H22ClN3O6. The fraction of sp³-hybridized carbons (Fsp3) is 0.300. The molecule has 160 valence electrons. The molecule has 0 aliphatic carbocycles. The topological polar surface area (TPSA) is 108 Å². The van der Waals surface area contributed by atoms with Crippen molar-refractivity contribution in [2.24, 2.45) is 10.2 Å². The van der Waals surface area contributed by atoms with Gasteiger partial charge >= 0.3 is 0 Å². The summed E-state index contributed by atoms with van der Waals surface area (Å²) in [6, 6.07) is 6.55. The van der Waals surface area contributed by atoms with Crippen molar-refractivity contribution in [3.63, 3.8) is 0 Å². The van der Waals surface area contributed by atoms with E-state index < -0.39 is 17.7 Å². The maximum absolute atomic E-state index is 12.8. The number of nitrogens with one attached hydrogen (secondary N) is 1. The maximum atomic E-state index is 12.8. The lowest BCUT2D eigenvalue weighted by Crippen LogP contribution is -2.32. The van der Waals surface area contributed by atoms with Gasteiger partial charge in [-0.3, -0.25) is 9.59 Å². The molecule has 9 nitrogen and oxygen atoms in total. The zero-order chi connectivity index (χ0) is 22.3. The molecule has 0 heterocycles. The smallest absolute Gasteiger partial charge is 0.259 e. The molecule has 0 fully saturated rings. The largest absolute Gasteiger partial charge is 0.494 e. The van der Waals surface area contributed by atoms with Gasteiger partial charge in [0.05, 0.1) is 39.1 Å². The fourth-order valence-corrected chi connectivity index (χ4v) is 2.78. The number of azo groups is 1.